The van der Waals surface area contributed by atoms with Gasteiger partial charge < -0.3 is 18.8 Å². The van der Waals surface area contributed by atoms with Crippen molar-refractivity contribution in [3.8, 4) is 5.75 Å². The number of rotatable bonds is 7. The zero-order valence-electron chi connectivity index (χ0n) is 17.9. The highest BCUT2D eigenvalue weighted by molar-refractivity contribution is 7.92. The Kier molecular flexibility index (Phi) is 7.25. The number of nitrogens with one attached hydrogen (secondary N) is 1. The SMILES string of the molecule is CNS(=O)(=O)[N-]c1cccc(Cc2c(CF)c3cc(Cl)c(OC(=O)N(C)C)cc3oc2=O)c1. The van der Waals surface area contributed by atoms with Crippen molar-refractivity contribution in [3.63, 3.8) is 0 Å². The van der Waals surface area contributed by atoms with Gasteiger partial charge in [0.05, 0.1) is 5.02 Å². The van der Waals surface area contributed by atoms with Gasteiger partial charge >= 0.3 is 11.7 Å². The highest BCUT2D eigenvalue weighted by atomic mass is 35.5. The molecule has 176 valence electrons. The van der Waals surface area contributed by atoms with E-state index < -0.39 is 28.6 Å². The van der Waals surface area contributed by atoms with Crippen LogP contribution in [-0.2, 0) is 23.3 Å². The zero-order chi connectivity index (χ0) is 24.3. The van der Waals surface area contributed by atoms with E-state index in [4.69, 9.17) is 20.8 Å². The number of carbonyl (C=O) groups is 1. The molecule has 1 amide bonds. The van der Waals surface area contributed by atoms with Crippen LogP contribution in [0.2, 0.25) is 5.02 Å². The van der Waals surface area contributed by atoms with Crippen molar-refractivity contribution in [2.24, 2.45) is 0 Å². The quantitative estimate of drug-likeness (QED) is 0.493. The summed E-state index contributed by atoms with van der Waals surface area (Å²) in [5, 5.41) is 0.283. The Hall–Kier alpha value is -3.15. The third-order valence-corrected chi connectivity index (χ3v) is 5.91. The number of halogens is 2. The number of alkyl halides is 1. The number of fused-ring (bicyclic) bond motifs is 1. The van der Waals surface area contributed by atoms with Crippen molar-refractivity contribution in [1.82, 2.24) is 9.62 Å². The predicted molar refractivity (Wildman–Crippen MR) is 122 cm³/mol. The summed E-state index contributed by atoms with van der Waals surface area (Å²) in [7, 11) is 0.352. The maximum absolute atomic E-state index is 14.1. The van der Waals surface area contributed by atoms with Gasteiger partial charge in [-0.2, -0.15) is 0 Å². The fourth-order valence-electron chi connectivity index (χ4n) is 3.01. The minimum Gasteiger partial charge on any atom is -0.564 e. The highest BCUT2D eigenvalue weighted by Gasteiger charge is 2.19. The molecule has 0 aliphatic rings. The molecule has 2 aromatic carbocycles. The number of ether oxygens (including phenoxy) is 1. The molecule has 1 N–H and O–H groups in total. The predicted octanol–water partition coefficient (Wildman–Crippen LogP) is 4.04. The number of carbonyl (C=O) groups excluding carboxylic acids is 1. The van der Waals surface area contributed by atoms with Crippen LogP contribution < -0.4 is 15.1 Å². The molecule has 0 fully saturated rings. The standard InChI is InChI=1S/C21H20ClFN3O6S/c1-24-33(29,30)25-13-6-4-5-12(7-13)8-15-16(11-23)14-9-17(22)19(32-21(28)26(2)3)10-18(14)31-20(15)27/h4-7,9-10,24H,8,11H2,1-3H3/q-1. The molecule has 0 radical (unpaired) electrons. The number of nitrogens with zero attached hydrogens (tertiary/aromatic N) is 2. The molecule has 33 heavy (non-hydrogen) atoms. The van der Waals surface area contributed by atoms with Crippen LogP contribution >= 0.6 is 11.6 Å². The summed E-state index contributed by atoms with van der Waals surface area (Å²) in [5.41, 5.74) is 0.000992. The molecule has 9 nitrogen and oxygen atoms in total. The molecule has 3 aromatic rings. The molecule has 3 rings (SSSR count). The van der Waals surface area contributed by atoms with E-state index in [1.807, 2.05) is 0 Å². The van der Waals surface area contributed by atoms with Gasteiger partial charge in [-0.15, -0.1) is 5.69 Å². The van der Waals surface area contributed by atoms with Crippen LogP contribution in [0, 0.1) is 0 Å². The van der Waals surface area contributed by atoms with Gasteiger partial charge in [-0.25, -0.2) is 27.1 Å². The lowest BCUT2D eigenvalue weighted by Gasteiger charge is -2.21. The molecular formula is C21H20ClFN3O6S-. The van der Waals surface area contributed by atoms with E-state index in [0.29, 0.717) is 5.56 Å². The third kappa shape index (κ3) is 5.62. The molecule has 1 aromatic heterocycles. The van der Waals surface area contributed by atoms with E-state index in [1.165, 1.54) is 50.3 Å². The monoisotopic (exact) mass is 496 g/mol. The molecule has 0 unspecified atom stereocenters. The van der Waals surface area contributed by atoms with Crippen molar-refractivity contribution >= 4 is 44.6 Å². The van der Waals surface area contributed by atoms with Gasteiger partial charge in [0, 0.05) is 43.1 Å². The Bertz CT molecular complexity index is 1370. The van der Waals surface area contributed by atoms with Crippen LogP contribution in [0.3, 0.4) is 0 Å². The van der Waals surface area contributed by atoms with Crippen molar-refractivity contribution in [1.29, 1.82) is 0 Å². The second-order valence-corrected chi connectivity index (χ2v) is 9.09. The summed E-state index contributed by atoms with van der Waals surface area (Å²) in [6, 6.07) is 8.78. The number of hydrogen-bond donors (Lipinski definition) is 1. The molecule has 0 saturated carbocycles. The Balaban J connectivity index is 2.03. The number of benzene rings is 2. The van der Waals surface area contributed by atoms with Crippen molar-refractivity contribution in [3.05, 3.63) is 73.3 Å². The van der Waals surface area contributed by atoms with Gasteiger partial charge in [0.15, 0.2) is 16.0 Å². The van der Waals surface area contributed by atoms with E-state index in [9.17, 15) is 22.4 Å². The lowest BCUT2D eigenvalue weighted by atomic mass is 9.99. The lowest BCUT2D eigenvalue weighted by molar-refractivity contribution is 0.172. The van der Waals surface area contributed by atoms with Gasteiger partial charge in [0.1, 0.15) is 12.3 Å². The van der Waals surface area contributed by atoms with E-state index in [0.717, 1.165) is 0 Å². The smallest absolute Gasteiger partial charge is 0.414 e. The van der Waals surface area contributed by atoms with Gasteiger partial charge in [-0.3, -0.25) is 0 Å². The van der Waals surface area contributed by atoms with Crippen LogP contribution in [0.1, 0.15) is 16.7 Å². The van der Waals surface area contributed by atoms with Crippen molar-refractivity contribution in [2.45, 2.75) is 13.1 Å². The number of amides is 1. The fourth-order valence-corrected chi connectivity index (χ4v) is 3.69. The van der Waals surface area contributed by atoms with Crippen LogP contribution in [0.4, 0.5) is 14.9 Å². The van der Waals surface area contributed by atoms with Crippen LogP contribution in [0.25, 0.3) is 15.7 Å². The van der Waals surface area contributed by atoms with Crippen LogP contribution in [0.5, 0.6) is 5.75 Å². The van der Waals surface area contributed by atoms with E-state index in [1.54, 1.807) is 12.1 Å². The third-order valence-electron chi connectivity index (χ3n) is 4.64. The van der Waals surface area contributed by atoms with Crippen molar-refractivity contribution in [2.75, 3.05) is 21.1 Å². The second kappa shape index (κ2) is 9.77. The summed E-state index contributed by atoms with van der Waals surface area (Å²) in [6.45, 7) is -0.983. The minimum absolute atomic E-state index is 0.00576. The molecule has 0 bridgehead atoms. The van der Waals surface area contributed by atoms with E-state index in [-0.39, 0.29) is 45.0 Å². The summed E-state index contributed by atoms with van der Waals surface area (Å²) < 4.78 is 53.6. The molecule has 0 saturated heterocycles. The Labute approximate surface area is 194 Å². The lowest BCUT2D eigenvalue weighted by Crippen LogP contribution is -2.25. The Morgan fingerprint density at radius 1 is 1.24 bits per heavy atom. The van der Waals surface area contributed by atoms with Gasteiger partial charge in [0.2, 0.25) is 0 Å². The Morgan fingerprint density at radius 2 is 1.97 bits per heavy atom. The molecule has 0 spiro atoms. The zero-order valence-corrected chi connectivity index (χ0v) is 19.5. The van der Waals surface area contributed by atoms with Crippen molar-refractivity contribution < 1.29 is 26.8 Å². The molecule has 1 heterocycles. The maximum Gasteiger partial charge on any atom is 0.414 e. The molecular weight excluding hydrogens is 477 g/mol. The molecule has 0 atom stereocenters. The van der Waals surface area contributed by atoms with E-state index >= 15 is 0 Å². The summed E-state index contributed by atoms with van der Waals surface area (Å²) >= 11 is 6.22. The molecule has 12 heteroatoms. The highest BCUT2D eigenvalue weighted by Crippen LogP contribution is 2.33. The normalized spacial score (nSPS) is 11.4. The topological polar surface area (TPSA) is 120 Å². The van der Waals surface area contributed by atoms with Gasteiger partial charge in [0.25, 0.3) is 0 Å². The summed E-state index contributed by atoms with van der Waals surface area (Å²) in [5.74, 6) is -0.0383. The Morgan fingerprint density at radius 3 is 2.61 bits per heavy atom. The maximum atomic E-state index is 14.1. The summed E-state index contributed by atoms with van der Waals surface area (Å²) in [4.78, 5) is 25.7. The second-order valence-electron chi connectivity index (χ2n) is 7.14. The fraction of sp³-hybridized carbons (Fsp3) is 0.238. The number of hydrogen-bond acceptors (Lipinski definition) is 6. The van der Waals surface area contributed by atoms with Gasteiger partial charge in [-0.1, -0.05) is 35.9 Å². The van der Waals surface area contributed by atoms with Gasteiger partial charge in [-0.05, 0) is 18.7 Å². The first-order valence-corrected chi connectivity index (χ1v) is 11.3. The van der Waals surface area contributed by atoms with E-state index in [2.05, 4.69) is 9.44 Å². The average molecular weight is 497 g/mol. The first-order valence-electron chi connectivity index (χ1n) is 9.53. The first-order chi connectivity index (χ1) is 15.5. The molecule has 0 aliphatic carbocycles. The first kappa shape index (κ1) is 24.5. The van der Waals surface area contributed by atoms with Crippen LogP contribution in [0.15, 0.2) is 45.6 Å². The average Bonchev–Trinajstić information content (AvgIpc) is 2.75. The minimum atomic E-state index is -3.85. The molecule has 0 aliphatic heterocycles. The van der Waals surface area contributed by atoms with Crippen LogP contribution in [-0.4, -0.2) is 40.6 Å². The largest absolute Gasteiger partial charge is 0.564 e. The summed E-state index contributed by atoms with van der Waals surface area (Å²) in [6.07, 6.45) is -0.721.